The molecule has 3 aromatic heterocycles. The highest BCUT2D eigenvalue weighted by Crippen LogP contribution is 2.38. The fourth-order valence-electron chi connectivity index (χ4n) is 5.13. The van der Waals surface area contributed by atoms with Crippen LogP contribution in [0.4, 0.5) is 32.0 Å². The highest BCUT2D eigenvalue weighted by Gasteiger charge is 2.34. The molecule has 0 saturated carbocycles. The molecule has 0 radical (unpaired) electrons. The number of pyridine rings is 2. The van der Waals surface area contributed by atoms with Crippen molar-refractivity contribution in [2.75, 3.05) is 5.32 Å². The van der Waals surface area contributed by atoms with Crippen LogP contribution in [0, 0.1) is 19.7 Å². The molecule has 1 atom stereocenters. The molecule has 0 spiro atoms. The summed E-state index contributed by atoms with van der Waals surface area (Å²) in [6.07, 6.45) is -2.16. The summed E-state index contributed by atoms with van der Waals surface area (Å²) in [6.45, 7) is 1.66. The molecule has 1 N–H and O–H groups in total. The molecular weight excluding hydrogens is 588 g/mol. The van der Waals surface area contributed by atoms with E-state index in [4.69, 9.17) is 0 Å². The lowest BCUT2D eigenvalue weighted by molar-refractivity contribution is -0.137. The van der Waals surface area contributed by atoms with E-state index < -0.39 is 41.3 Å². The smallest absolute Gasteiger partial charge is 0.378 e. The standard InChI is InChI=1S/C31H25F6N5O2/c1-15-9-20(17(3)40-24-7-6-19(32)11-23(24)31(35,36)37)21-12-26(41(4)29(44)22(21)10-15)18-13-38-27(39-14-18)25-8-5-16(2)28(43)42(25)30(33)34/h5-14,17,30,40H,1-4H3. The maximum atomic E-state index is 13.7. The van der Waals surface area contributed by atoms with Gasteiger partial charge in [0.25, 0.3) is 11.1 Å². The van der Waals surface area contributed by atoms with Gasteiger partial charge in [0, 0.05) is 47.7 Å². The number of rotatable bonds is 6. The van der Waals surface area contributed by atoms with Gasteiger partial charge in [0.1, 0.15) is 5.82 Å². The first-order valence-corrected chi connectivity index (χ1v) is 13.3. The zero-order valence-corrected chi connectivity index (χ0v) is 23.8. The Balaban J connectivity index is 1.61. The number of anilines is 1. The Bertz CT molecular complexity index is 2020. The number of hydrogen-bond donors (Lipinski definition) is 1. The van der Waals surface area contributed by atoms with Gasteiger partial charge in [-0.05, 0) is 73.7 Å². The van der Waals surface area contributed by atoms with Crippen molar-refractivity contribution in [3.05, 3.63) is 110 Å². The summed E-state index contributed by atoms with van der Waals surface area (Å²) in [4.78, 5) is 34.2. The third kappa shape index (κ3) is 5.56. The maximum absolute atomic E-state index is 13.7. The molecule has 13 heteroatoms. The molecule has 0 amide bonds. The molecular formula is C31H25F6N5O2. The van der Waals surface area contributed by atoms with Crippen molar-refractivity contribution in [3.63, 3.8) is 0 Å². The fraction of sp³-hybridized carbons (Fsp3) is 0.226. The van der Waals surface area contributed by atoms with Crippen molar-refractivity contribution in [3.8, 4) is 22.8 Å². The maximum Gasteiger partial charge on any atom is 0.418 e. The van der Waals surface area contributed by atoms with Gasteiger partial charge in [0.15, 0.2) is 5.82 Å². The number of nitrogens with one attached hydrogen (secondary N) is 1. The normalized spacial score (nSPS) is 12.6. The predicted molar refractivity (Wildman–Crippen MR) is 154 cm³/mol. The van der Waals surface area contributed by atoms with E-state index in [2.05, 4.69) is 15.3 Å². The van der Waals surface area contributed by atoms with Gasteiger partial charge >= 0.3 is 12.7 Å². The molecule has 2 aromatic carbocycles. The third-order valence-corrected chi connectivity index (χ3v) is 7.34. The highest BCUT2D eigenvalue weighted by molar-refractivity contribution is 5.89. The van der Waals surface area contributed by atoms with Crippen LogP contribution in [0.5, 0.6) is 0 Å². The molecule has 0 fully saturated rings. The topological polar surface area (TPSA) is 81.8 Å². The quantitative estimate of drug-likeness (QED) is 0.206. The Morgan fingerprint density at radius 2 is 1.55 bits per heavy atom. The summed E-state index contributed by atoms with van der Waals surface area (Å²) in [6, 6.07) is 9.37. The van der Waals surface area contributed by atoms with Crippen LogP contribution in [0.2, 0.25) is 0 Å². The van der Waals surface area contributed by atoms with E-state index >= 15 is 0 Å². The van der Waals surface area contributed by atoms with Crippen molar-refractivity contribution in [1.82, 2.24) is 19.1 Å². The fourth-order valence-corrected chi connectivity index (χ4v) is 5.13. The van der Waals surface area contributed by atoms with E-state index in [1.807, 2.05) is 0 Å². The minimum atomic E-state index is -4.81. The summed E-state index contributed by atoms with van der Waals surface area (Å²) in [5.74, 6) is -1.16. The van der Waals surface area contributed by atoms with Crippen LogP contribution >= 0.6 is 0 Å². The summed E-state index contributed by atoms with van der Waals surface area (Å²) in [7, 11) is 1.53. The minimum absolute atomic E-state index is 0.126. The lowest BCUT2D eigenvalue weighted by Gasteiger charge is -2.22. The third-order valence-electron chi connectivity index (χ3n) is 7.34. The van der Waals surface area contributed by atoms with Gasteiger partial charge in [0.2, 0.25) is 0 Å². The number of aromatic nitrogens is 4. The van der Waals surface area contributed by atoms with Crippen LogP contribution in [0.3, 0.4) is 0 Å². The number of hydrogen-bond acceptors (Lipinski definition) is 5. The van der Waals surface area contributed by atoms with Crippen LogP contribution in [-0.4, -0.2) is 19.1 Å². The molecule has 0 saturated heterocycles. The minimum Gasteiger partial charge on any atom is -0.378 e. The van der Waals surface area contributed by atoms with Gasteiger partial charge < -0.3 is 9.88 Å². The molecule has 3 heterocycles. The second-order valence-corrected chi connectivity index (χ2v) is 10.4. The van der Waals surface area contributed by atoms with Crippen molar-refractivity contribution in [2.45, 2.75) is 39.5 Å². The van der Waals surface area contributed by atoms with Gasteiger partial charge in [0.05, 0.1) is 17.0 Å². The second kappa shape index (κ2) is 11.3. The van der Waals surface area contributed by atoms with Crippen molar-refractivity contribution < 1.29 is 26.3 Å². The molecule has 0 aliphatic carbocycles. The van der Waals surface area contributed by atoms with E-state index in [1.54, 1.807) is 32.0 Å². The van der Waals surface area contributed by atoms with Gasteiger partial charge in [-0.25, -0.2) is 18.9 Å². The van der Waals surface area contributed by atoms with Crippen molar-refractivity contribution >= 4 is 16.5 Å². The van der Waals surface area contributed by atoms with E-state index in [-0.39, 0.29) is 22.8 Å². The van der Waals surface area contributed by atoms with Crippen LogP contribution in [0.25, 0.3) is 33.5 Å². The highest BCUT2D eigenvalue weighted by atomic mass is 19.4. The molecule has 44 heavy (non-hydrogen) atoms. The Morgan fingerprint density at radius 3 is 2.18 bits per heavy atom. The average Bonchev–Trinajstić information content (AvgIpc) is 2.96. The molecule has 5 aromatic rings. The Morgan fingerprint density at radius 1 is 0.864 bits per heavy atom. The Kier molecular flexibility index (Phi) is 7.83. The summed E-state index contributed by atoms with van der Waals surface area (Å²) >= 11 is 0. The van der Waals surface area contributed by atoms with Crippen molar-refractivity contribution in [2.24, 2.45) is 7.05 Å². The van der Waals surface area contributed by atoms with E-state index in [9.17, 15) is 35.9 Å². The van der Waals surface area contributed by atoms with Crippen LogP contribution in [0.15, 0.2) is 70.5 Å². The monoisotopic (exact) mass is 613 g/mol. The SMILES string of the molecule is Cc1cc(C(C)Nc2ccc(F)cc2C(F)(F)F)c2cc(-c3cnc(-c4ccc(C)c(=O)n4C(F)F)nc3)n(C)c(=O)c2c1. The number of halogens is 6. The zero-order chi connectivity index (χ0) is 32.1. The molecule has 7 nitrogen and oxygen atoms in total. The molecule has 0 bridgehead atoms. The first-order chi connectivity index (χ1) is 20.7. The summed E-state index contributed by atoms with van der Waals surface area (Å²) in [5, 5.41) is 3.57. The Hall–Kier alpha value is -4.94. The second-order valence-electron chi connectivity index (χ2n) is 10.4. The molecule has 0 aliphatic rings. The zero-order valence-electron chi connectivity index (χ0n) is 23.8. The van der Waals surface area contributed by atoms with Crippen LogP contribution in [0.1, 0.15) is 41.8 Å². The van der Waals surface area contributed by atoms with E-state index in [1.165, 1.54) is 43.1 Å². The number of benzene rings is 2. The lowest BCUT2D eigenvalue weighted by atomic mass is 9.96. The number of alkyl halides is 5. The molecule has 5 rings (SSSR count). The Labute approximate surface area is 246 Å². The van der Waals surface area contributed by atoms with E-state index in [0.29, 0.717) is 43.8 Å². The largest absolute Gasteiger partial charge is 0.418 e. The molecule has 228 valence electrons. The summed E-state index contributed by atoms with van der Waals surface area (Å²) in [5.41, 5.74) is -0.943. The number of fused-ring (bicyclic) bond motifs is 1. The first-order valence-electron chi connectivity index (χ1n) is 13.3. The molecule has 0 aliphatic heterocycles. The van der Waals surface area contributed by atoms with Crippen LogP contribution in [-0.2, 0) is 13.2 Å². The van der Waals surface area contributed by atoms with Gasteiger partial charge in [-0.15, -0.1) is 0 Å². The van der Waals surface area contributed by atoms with Gasteiger partial charge in [-0.3, -0.25) is 9.59 Å². The van der Waals surface area contributed by atoms with Crippen molar-refractivity contribution in [1.29, 1.82) is 0 Å². The average molecular weight is 614 g/mol. The van der Waals surface area contributed by atoms with Crippen LogP contribution < -0.4 is 16.4 Å². The predicted octanol–water partition coefficient (Wildman–Crippen LogP) is 7.17. The number of aryl methyl sites for hydroxylation is 2. The van der Waals surface area contributed by atoms with E-state index in [0.717, 1.165) is 12.1 Å². The molecule has 1 unspecified atom stereocenters. The summed E-state index contributed by atoms with van der Waals surface area (Å²) < 4.78 is 83.7. The van der Waals surface area contributed by atoms with Gasteiger partial charge in [-0.2, -0.15) is 22.0 Å². The first kappa shape index (κ1) is 30.5. The number of nitrogens with zero attached hydrogens (tertiary/aromatic N) is 4. The lowest BCUT2D eigenvalue weighted by Crippen LogP contribution is -2.24. The van der Waals surface area contributed by atoms with Gasteiger partial charge in [-0.1, -0.05) is 12.1 Å².